The number of hydrogen-bond acceptors (Lipinski definition) is 2. The Bertz CT molecular complexity index is 348. The monoisotopic (exact) mass is 162 g/mol. The van der Waals surface area contributed by atoms with Crippen LogP contribution in [0.4, 0.5) is 0 Å². The molecule has 0 aliphatic carbocycles. The van der Waals surface area contributed by atoms with Gasteiger partial charge in [-0.25, -0.2) is 4.52 Å². The number of fused-ring (bicyclic) bond motifs is 1. The summed E-state index contributed by atoms with van der Waals surface area (Å²) in [5, 5.41) is 13.0. The van der Waals surface area contributed by atoms with Crippen LogP contribution < -0.4 is 0 Å². The first-order valence-electron chi connectivity index (χ1n) is 3.94. The van der Waals surface area contributed by atoms with Gasteiger partial charge in [0.1, 0.15) is 0 Å². The third-order valence-electron chi connectivity index (χ3n) is 1.79. The summed E-state index contributed by atoms with van der Waals surface area (Å²) in [6.45, 7) is 0.157. The molecule has 2 aromatic heterocycles. The van der Waals surface area contributed by atoms with Crippen LogP contribution in [0.15, 0.2) is 30.5 Å². The maximum absolute atomic E-state index is 8.70. The molecule has 2 rings (SSSR count). The number of aliphatic hydroxyl groups is 1. The molecule has 62 valence electrons. The van der Waals surface area contributed by atoms with Crippen molar-refractivity contribution in [2.75, 3.05) is 6.61 Å². The molecule has 0 amide bonds. The molecular weight excluding hydrogens is 152 g/mol. The van der Waals surface area contributed by atoms with Gasteiger partial charge in [0.15, 0.2) is 0 Å². The van der Waals surface area contributed by atoms with Crippen molar-refractivity contribution in [1.82, 2.24) is 9.61 Å². The molecule has 0 aliphatic heterocycles. The maximum atomic E-state index is 8.70. The zero-order valence-corrected chi connectivity index (χ0v) is 6.64. The molecule has 3 nitrogen and oxygen atoms in total. The number of aromatic nitrogens is 2. The summed E-state index contributed by atoms with van der Waals surface area (Å²) in [6.07, 6.45) is 2.53. The third-order valence-corrected chi connectivity index (χ3v) is 1.79. The van der Waals surface area contributed by atoms with Gasteiger partial charge < -0.3 is 5.11 Å². The first-order valence-corrected chi connectivity index (χ1v) is 3.94. The fourth-order valence-electron chi connectivity index (χ4n) is 1.23. The molecule has 2 heterocycles. The molecule has 0 saturated carbocycles. The molecule has 3 heteroatoms. The quantitative estimate of drug-likeness (QED) is 0.711. The molecule has 0 spiro atoms. The number of hydrogen-bond donors (Lipinski definition) is 1. The Labute approximate surface area is 70.3 Å². The molecule has 0 bridgehead atoms. The van der Waals surface area contributed by atoms with Gasteiger partial charge in [-0.15, -0.1) is 0 Å². The molecule has 1 N–H and O–H groups in total. The first-order chi connectivity index (χ1) is 5.90. The normalized spacial score (nSPS) is 10.8. The average molecular weight is 162 g/mol. The van der Waals surface area contributed by atoms with Crippen molar-refractivity contribution in [2.45, 2.75) is 6.42 Å². The van der Waals surface area contributed by atoms with Gasteiger partial charge in [0, 0.05) is 19.2 Å². The van der Waals surface area contributed by atoms with Crippen LogP contribution in [0.25, 0.3) is 5.52 Å². The van der Waals surface area contributed by atoms with Crippen molar-refractivity contribution in [1.29, 1.82) is 0 Å². The van der Waals surface area contributed by atoms with Gasteiger partial charge in [0.05, 0.1) is 11.2 Å². The number of pyridine rings is 1. The van der Waals surface area contributed by atoms with Crippen LogP contribution in [0.3, 0.4) is 0 Å². The molecule has 0 atom stereocenters. The molecule has 0 radical (unpaired) electrons. The molecule has 0 saturated heterocycles. The molecule has 0 unspecified atom stereocenters. The fourth-order valence-corrected chi connectivity index (χ4v) is 1.23. The lowest BCUT2D eigenvalue weighted by Gasteiger charge is -1.88. The average Bonchev–Trinajstić information content (AvgIpc) is 2.47. The van der Waals surface area contributed by atoms with Crippen LogP contribution in [0, 0.1) is 0 Å². The second-order valence-corrected chi connectivity index (χ2v) is 2.68. The molecular formula is C9H10N2O. The number of nitrogens with zero attached hydrogens (tertiary/aromatic N) is 2. The molecule has 0 aromatic carbocycles. The van der Waals surface area contributed by atoms with Crippen molar-refractivity contribution < 1.29 is 5.11 Å². The Balaban J connectivity index is 2.47. The Kier molecular flexibility index (Phi) is 1.80. The fraction of sp³-hybridized carbons (Fsp3) is 0.222. The van der Waals surface area contributed by atoms with Crippen molar-refractivity contribution in [3.8, 4) is 0 Å². The van der Waals surface area contributed by atoms with E-state index in [4.69, 9.17) is 5.11 Å². The van der Waals surface area contributed by atoms with Gasteiger partial charge in [-0.05, 0) is 18.2 Å². The summed E-state index contributed by atoms with van der Waals surface area (Å²) in [5.41, 5.74) is 2.00. The minimum Gasteiger partial charge on any atom is -0.396 e. The lowest BCUT2D eigenvalue weighted by atomic mass is 10.3. The summed E-state index contributed by atoms with van der Waals surface area (Å²) in [7, 11) is 0. The smallest absolute Gasteiger partial charge is 0.0664 e. The van der Waals surface area contributed by atoms with E-state index in [-0.39, 0.29) is 6.61 Å². The van der Waals surface area contributed by atoms with Crippen LogP contribution in [0.1, 0.15) is 5.69 Å². The van der Waals surface area contributed by atoms with Crippen molar-refractivity contribution in [3.05, 3.63) is 36.2 Å². The predicted molar refractivity (Wildman–Crippen MR) is 46.0 cm³/mol. The van der Waals surface area contributed by atoms with Gasteiger partial charge >= 0.3 is 0 Å². The minimum atomic E-state index is 0.157. The lowest BCUT2D eigenvalue weighted by Crippen LogP contribution is -1.91. The van der Waals surface area contributed by atoms with Crippen molar-refractivity contribution in [3.63, 3.8) is 0 Å². The van der Waals surface area contributed by atoms with E-state index in [9.17, 15) is 0 Å². The highest BCUT2D eigenvalue weighted by atomic mass is 16.3. The lowest BCUT2D eigenvalue weighted by molar-refractivity contribution is 0.298. The van der Waals surface area contributed by atoms with E-state index in [1.807, 2.05) is 35.0 Å². The Morgan fingerprint density at radius 3 is 3.08 bits per heavy atom. The highest BCUT2D eigenvalue weighted by Gasteiger charge is 1.98. The van der Waals surface area contributed by atoms with E-state index >= 15 is 0 Å². The zero-order valence-electron chi connectivity index (χ0n) is 6.64. The van der Waals surface area contributed by atoms with E-state index in [1.165, 1.54) is 0 Å². The third kappa shape index (κ3) is 1.19. The Hall–Kier alpha value is -1.35. The summed E-state index contributed by atoms with van der Waals surface area (Å²) >= 11 is 0. The highest BCUT2D eigenvalue weighted by Crippen LogP contribution is 2.05. The minimum absolute atomic E-state index is 0.157. The van der Waals surface area contributed by atoms with Crippen molar-refractivity contribution in [2.24, 2.45) is 0 Å². The van der Waals surface area contributed by atoms with Crippen LogP contribution in [0.2, 0.25) is 0 Å². The van der Waals surface area contributed by atoms with Crippen LogP contribution in [-0.4, -0.2) is 21.3 Å². The molecule has 0 fully saturated rings. The maximum Gasteiger partial charge on any atom is 0.0664 e. The van der Waals surface area contributed by atoms with Gasteiger partial charge in [0.25, 0.3) is 0 Å². The highest BCUT2D eigenvalue weighted by molar-refractivity contribution is 5.46. The number of rotatable bonds is 2. The standard InChI is InChI=1S/C9H10N2O/c12-6-4-8-7-9-3-1-2-5-11(9)10-8/h1-3,5,7,12H,4,6H2. The summed E-state index contributed by atoms with van der Waals surface area (Å²) < 4.78 is 1.81. The molecule has 12 heavy (non-hydrogen) atoms. The van der Waals surface area contributed by atoms with Crippen molar-refractivity contribution >= 4 is 5.52 Å². The zero-order chi connectivity index (χ0) is 8.39. The van der Waals surface area contributed by atoms with Crippen LogP contribution in [0.5, 0.6) is 0 Å². The first kappa shape index (κ1) is 7.31. The van der Waals surface area contributed by atoms with Crippen LogP contribution >= 0.6 is 0 Å². The van der Waals surface area contributed by atoms with Gasteiger partial charge in [-0.2, -0.15) is 5.10 Å². The molecule has 2 aromatic rings. The van der Waals surface area contributed by atoms with E-state index in [1.54, 1.807) is 0 Å². The summed E-state index contributed by atoms with van der Waals surface area (Å²) in [5.74, 6) is 0. The topological polar surface area (TPSA) is 37.5 Å². The van der Waals surface area contributed by atoms with Gasteiger partial charge in [-0.3, -0.25) is 0 Å². The SMILES string of the molecule is OCCc1cc2ccccn2n1. The van der Waals surface area contributed by atoms with E-state index in [0.717, 1.165) is 11.2 Å². The van der Waals surface area contributed by atoms with Gasteiger partial charge in [-0.1, -0.05) is 6.07 Å². The largest absolute Gasteiger partial charge is 0.396 e. The Morgan fingerprint density at radius 2 is 2.33 bits per heavy atom. The summed E-state index contributed by atoms with van der Waals surface area (Å²) in [4.78, 5) is 0. The van der Waals surface area contributed by atoms with E-state index in [0.29, 0.717) is 6.42 Å². The van der Waals surface area contributed by atoms with Gasteiger partial charge in [0.2, 0.25) is 0 Å². The molecule has 0 aliphatic rings. The van der Waals surface area contributed by atoms with Crippen LogP contribution in [-0.2, 0) is 6.42 Å². The van der Waals surface area contributed by atoms with E-state index in [2.05, 4.69) is 5.10 Å². The van der Waals surface area contributed by atoms with E-state index < -0.39 is 0 Å². The Morgan fingerprint density at radius 1 is 1.42 bits per heavy atom. The predicted octanol–water partition coefficient (Wildman–Crippen LogP) is 0.869. The summed E-state index contributed by atoms with van der Waals surface area (Å²) in [6, 6.07) is 7.88. The number of aliphatic hydroxyl groups excluding tert-OH is 1. The second kappa shape index (κ2) is 2.95. The second-order valence-electron chi connectivity index (χ2n) is 2.68.